The largest absolute Gasteiger partial charge is 0.305 e. The maximum atomic E-state index is 4.27. The van der Waals surface area contributed by atoms with Crippen LogP contribution in [0.4, 0.5) is 0 Å². The van der Waals surface area contributed by atoms with Gasteiger partial charge in [-0.1, -0.05) is 29.8 Å². The van der Waals surface area contributed by atoms with E-state index in [1.54, 1.807) is 0 Å². The summed E-state index contributed by atoms with van der Waals surface area (Å²) in [6.45, 7) is 8.19. The third kappa shape index (κ3) is 2.99. The molecule has 0 saturated carbocycles. The van der Waals surface area contributed by atoms with E-state index >= 15 is 0 Å². The Morgan fingerprint density at radius 3 is 2.61 bits per heavy atom. The molecular formula is C15H21N3. The second-order valence-electron chi connectivity index (χ2n) is 4.65. The molecule has 0 spiro atoms. The van der Waals surface area contributed by atoms with Gasteiger partial charge in [-0.05, 0) is 32.4 Å². The summed E-state index contributed by atoms with van der Waals surface area (Å²) in [5.74, 6) is 0. The molecule has 3 heteroatoms. The van der Waals surface area contributed by atoms with Crippen molar-refractivity contribution < 1.29 is 0 Å². The van der Waals surface area contributed by atoms with E-state index in [2.05, 4.69) is 61.5 Å². The Kier molecular flexibility index (Phi) is 4.15. The van der Waals surface area contributed by atoms with Crippen LogP contribution in [0, 0.1) is 6.92 Å². The fourth-order valence-corrected chi connectivity index (χ4v) is 2.03. The number of benzene rings is 1. The third-order valence-corrected chi connectivity index (χ3v) is 3.27. The maximum Gasteiger partial charge on any atom is 0.0522 e. The normalized spacial score (nSPS) is 12.6. The summed E-state index contributed by atoms with van der Waals surface area (Å²) in [6, 6.07) is 11.1. The first-order chi connectivity index (χ1) is 8.70. The average Bonchev–Trinajstić information content (AvgIpc) is 2.84. The van der Waals surface area contributed by atoms with Gasteiger partial charge in [0.15, 0.2) is 0 Å². The van der Waals surface area contributed by atoms with Crippen molar-refractivity contribution in [3.05, 3.63) is 53.3 Å². The van der Waals surface area contributed by atoms with Gasteiger partial charge in [-0.15, -0.1) is 0 Å². The molecule has 0 aliphatic rings. The minimum Gasteiger partial charge on any atom is -0.305 e. The van der Waals surface area contributed by atoms with E-state index in [1.165, 1.54) is 16.8 Å². The Morgan fingerprint density at radius 2 is 1.94 bits per heavy atom. The number of aromatic nitrogens is 2. The average molecular weight is 243 g/mol. The van der Waals surface area contributed by atoms with Gasteiger partial charge in [0.2, 0.25) is 0 Å². The summed E-state index contributed by atoms with van der Waals surface area (Å²) in [6.07, 6.45) is 1.86. The quantitative estimate of drug-likeness (QED) is 0.874. The fourth-order valence-electron chi connectivity index (χ4n) is 2.03. The van der Waals surface area contributed by atoms with Crippen LogP contribution in [-0.4, -0.2) is 9.78 Å². The number of hydrogen-bond acceptors (Lipinski definition) is 2. The minimum atomic E-state index is 0.353. The molecule has 1 heterocycles. The highest BCUT2D eigenvalue weighted by Gasteiger charge is 2.06. The van der Waals surface area contributed by atoms with Gasteiger partial charge in [0.1, 0.15) is 0 Å². The lowest BCUT2D eigenvalue weighted by molar-refractivity contribution is 0.531. The molecule has 0 fully saturated rings. The molecule has 0 unspecified atom stereocenters. The lowest BCUT2D eigenvalue weighted by Gasteiger charge is -2.15. The van der Waals surface area contributed by atoms with Crippen molar-refractivity contribution in [3.63, 3.8) is 0 Å². The summed E-state index contributed by atoms with van der Waals surface area (Å²) in [7, 11) is 0. The number of aryl methyl sites for hydroxylation is 2. The standard InChI is InChI=1S/C15H21N3/c1-4-18-15(9-10-17-18)11-16-13(3)14-7-5-12(2)6-8-14/h5-10,13,16H,4,11H2,1-3H3/t13-/m1/s1. The van der Waals surface area contributed by atoms with Crippen LogP contribution in [-0.2, 0) is 13.1 Å². The number of rotatable bonds is 5. The molecule has 18 heavy (non-hydrogen) atoms. The van der Waals surface area contributed by atoms with Gasteiger partial charge >= 0.3 is 0 Å². The lowest BCUT2D eigenvalue weighted by atomic mass is 10.1. The smallest absolute Gasteiger partial charge is 0.0522 e. The molecule has 0 aliphatic heterocycles. The Labute approximate surface area is 109 Å². The Morgan fingerprint density at radius 1 is 1.22 bits per heavy atom. The van der Waals surface area contributed by atoms with E-state index in [0.29, 0.717) is 6.04 Å². The van der Waals surface area contributed by atoms with Crippen molar-refractivity contribution in [2.45, 2.75) is 39.9 Å². The maximum absolute atomic E-state index is 4.27. The van der Waals surface area contributed by atoms with Crippen LogP contribution in [0.2, 0.25) is 0 Å². The van der Waals surface area contributed by atoms with Gasteiger partial charge in [0, 0.05) is 25.3 Å². The number of hydrogen-bond donors (Lipinski definition) is 1. The zero-order chi connectivity index (χ0) is 13.0. The van der Waals surface area contributed by atoms with Gasteiger partial charge < -0.3 is 5.32 Å². The van der Waals surface area contributed by atoms with Crippen LogP contribution >= 0.6 is 0 Å². The van der Waals surface area contributed by atoms with Crippen LogP contribution in [0.25, 0.3) is 0 Å². The molecule has 96 valence electrons. The van der Waals surface area contributed by atoms with Crippen LogP contribution in [0.5, 0.6) is 0 Å². The third-order valence-electron chi connectivity index (χ3n) is 3.27. The molecule has 1 N–H and O–H groups in total. The molecule has 0 radical (unpaired) electrons. The highest BCUT2D eigenvalue weighted by molar-refractivity contribution is 5.23. The van der Waals surface area contributed by atoms with E-state index in [-0.39, 0.29) is 0 Å². The first-order valence-corrected chi connectivity index (χ1v) is 6.51. The second kappa shape index (κ2) is 5.83. The number of nitrogens with one attached hydrogen (secondary N) is 1. The van der Waals surface area contributed by atoms with Crippen molar-refractivity contribution in [1.29, 1.82) is 0 Å². The molecule has 3 nitrogen and oxygen atoms in total. The van der Waals surface area contributed by atoms with E-state index in [1.807, 2.05) is 10.9 Å². The topological polar surface area (TPSA) is 29.9 Å². The highest BCUT2D eigenvalue weighted by Crippen LogP contribution is 2.13. The SMILES string of the molecule is CCn1nccc1CN[C@H](C)c1ccc(C)cc1. The lowest BCUT2D eigenvalue weighted by Crippen LogP contribution is -2.20. The fraction of sp³-hybridized carbons (Fsp3) is 0.400. The van der Waals surface area contributed by atoms with E-state index in [4.69, 9.17) is 0 Å². The van der Waals surface area contributed by atoms with Crippen LogP contribution in [0.3, 0.4) is 0 Å². The summed E-state index contributed by atoms with van der Waals surface area (Å²) in [4.78, 5) is 0. The highest BCUT2D eigenvalue weighted by atomic mass is 15.3. The molecule has 0 amide bonds. The zero-order valence-electron chi connectivity index (χ0n) is 11.4. The molecule has 2 rings (SSSR count). The van der Waals surface area contributed by atoms with Gasteiger partial charge in [-0.2, -0.15) is 5.10 Å². The van der Waals surface area contributed by atoms with Crippen molar-refractivity contribution in [3.8, 4) is 0 Å². The van der Waals surface area contributed by atoms with E-state index in [0.717, 1.165) is 13.1 Å². The predicted molar refractivity (Wildman–Crippen MR) is 74.3 cm³/mol. The summed E-state index contributed by atoms with van der Waals surface area (Å²) < 4.78 is 2.02. The molecule has 1 atom stereocenters. The van der Waals surface area contributed by atoms with E-state index < -0.39 is 0 Å². The van der Waals surface area contributed by atoms with Crippen molar-refractivity contribution in [2.75, 3.05) is 0 Å². The van der Waals surface area contributed by atoms with Gasteiger partial charge in [-0.25, -0.2) is 0 Å². The second-order valence-corrected chi connectivity index (χ2v) is 4.65. The van der Waals surface area contributed by atoms with Crippen molar-refractivity contribution >= 4 is 0 Å². The first-order valence-electron chi connectivity index (χ1n) is 6.51. The van der Waals surface area contributed by atoms with Crippen molar-refractivity contribution in [1.82, 2.24) is 15.1 Å². The van der Waals surface area contributed by atoms with Crippen LogP contribution in [0.15, 0.2) is 36.5 Å². The van der Waals surface area contributed by atoms with Gasteiger partial charge in [-0.3, -0.25) is 4.68 Å². The Bertz CT molecular complexity index is 485. The molecule has 1 aromatic heterocycles. The zero-order valence-corrected chi connectivity index (χ0v) is 11.4. The van der Waals surface area contributed by atoms with E-state index in [9.17, 15) is 0 Å². The monoisotopic (exact) mass is 243 g/mol. The molecular weight excluding hydrogens is 222 g/mol. The predicted octanol–water partition coefficient (Wildman–Crippen LogP) is 3.06. The van der Waals surface area contributed by atoms with Gasteiger partial charge in [0.05, 0.1) is 5.69 Å². The summed E-state index contributed by atoms with van der Waals surface area (Å²) >= 11 is 0. The van der Waals surface area contributed by atoms with Crippen molar-refractivity contribution in [2.24, 2.45) is 0 Å². The molecule has 1 aromatic carbocycles. The molecule has 2 aromatic rings. The first kappa shape index (κ1) is 12.8. The summed E-state index contributed by atoms with van der Waals surface area (Å²) in [5.41, 5.74) is 3.86. The Hall–Kier alpha value is -1.61. The molecule has 0 saturated heterocycles. The molecule has 0 bridgehead atoms. The summed E-state index contributed by atoms with van der Waals surface area (Å²) in [5, 5.41) is 7.81. The van der Waals surface area contributed by atoms with Crippen LogP contribution in [0.1, 0.15) is 36.7 Å². The minimum absolute atomic E-state index is 0.353. The molecule has 0 aliphatic carbocycles. The Balaban J connectivity index is 1.96. The number of nitrogens with zero attached hydrogens (tertiary/aromatic N) is 2. The van der Waals surface area contributed by atoms with Gasteiger partial charge in [0.25, 0.3) is 0 Å². The van der Waals surface area contributed by atoms with Crippen LogP contribution < -0.4 is 5.32 Å².